The standard InChI is InChI=1S/C16H16N2O/c1-17-10-8-14-9-12-18(16(19)15(14)17)11-7-13-5-3-2-4-6-13/h2-6,8-10,12H,7,11H2,1H3. The Hall–Kier alpha value is -2.29. The summed E-state index contributed by atoms with van der Waals surface area (Å²) in [5.41, 5.74) is 2.11. The summed E-state index contributed by atoms with van der Waals surface area (Å²) in [4.78, 5) is 12.4. The summed E-state index contributed by atoms with van der Waals surface area (Å²) >= 11 is 0. The van der Waals surface area contributed by atoms with Crippen LogP contribution in [-0.4, -0.2) is 9.13 Å². The molecule has 3 heteroatoms. The van der Waals surface area contributed by atoms with Gasteiger partial charge in [-0.25, -0.2) is 0 Å². The molecule has 0 atom stereocenters. The third-order valence-corrected chi connectivity index (χ3v) is 3.49. The van der Waals surface area contributed by atoms with Gasteiger partial charge in [0.15, 0.2) is 0 Å². The second-order valence-electron chi connectivity index (χ2n) is 4.78. The van der Waals surface area contributed by atoms with E-state index in [0.29, 0.717) is 6.54 Å². The molecule has 3 rings (SSSR count). The van der Waals surface area contributed by atoms with Gasteiger partial charge < -0.3 is 9.13 Å². The van der Waals surface area contributed by atoms with Crippen molar-refractivity contribution < 1.29 is 0 Å². The number of aromatic nitrogens is 2. The van der Waals surface area contributed by atoms with Crippen LogP contribution >= 0.6 is 0 Å². The Morgan fingerprint density at radius 3 is 2.53 bits per heavy atom. The van der Waals surface area contributed by atoms with E-state index in [2.05, 4.69) is 12.1 Å². The summed E-state index contributed by atoms with van der Waals surface area (Å²) in [6, 6.07) is 14.2. The lowest BCUT2D eigenvalue weighted by Crippen LogP contribution is -2.21. The second kappa shape index (κ2) is 4.76. The number of hydrogen-bond acceptors (Lipinski definition) is 1. The summed E-state index contributed by atoms with van der Waals surface area (Å²) in [5.74, 6) is 0. The van der Waals surface area contributed by atoms with Gasteiger partial charge in [-0.1, -0.05) is 30.3 Å². The topological polar surface area (TPSA) is 26.9 Å². The van der Waals surface area contributed by atoms with E-state index in [1.807, 2.05) is 54.3 Å². The van der Waals surface area contributed by atoms with Gasteiger partial charge in [-0.3, -0.25) is 4.79 Å². The van der Waals surface area contributed by atoms with E-state index in [4.69, 9.17) is 0 Å². The first-order chi connectivity index (χ1) is 9.25. The van der Waals surface area contributed by atoms with Gasteiger partial charge in [-0.2, -0.15) is 0 Å². The van der Waals surface area contributed by atoms with Crippen molar-refractivity contribution in [2.75, 3.05) is 0 Å². The van der Waals surface area contributed by atoms with Gasteiger partial charge in [0.2, 0.25) is 0 Å². The van der Waals surface area contributed by atoms with Crippen LogP contribution in [0.5, 0.6) is 0 Å². The Morgan fingerprint density at radius 1 is 1.00 bits per heavy atom. The number of pyridine rings is 1. The molecular formula is C16H16N2O. The van der Waals surface area contributed by atoms with Crippen molar-refractivity contribution >= 4 is 10.9 Å². The molecule has 0 radical (unpaired) electrons. The third kappa shape index (κ3) is 2.19. The molecule has 0 aliphatic rings. The Kier molecular flexibility index (Phi) is 2.95. The Bertz CT molecular complexity index is 753. The molecule has 3 aromatic rings. The minimum atomic E-state index is 0.0842. The molecule has 2 heterocycles. The zero-order valence-electron chi connectivity index (χ0n) is 10.9. The molecule has 0 aliphatic heterocycles. The van der Waals surface area contributed by atoms with Gasteiger partial charge in [-0.05, 0) is 24.1 Å². The van der Waals surface area contributed by atoms with Crippen LogP contribution < -0.4 is 5.56 Å². The van der Waals surface area contributed by atoms with Crippen molar-refractivity contribution in [3.8, 4) is 0 Å². The quantitative estimate of drug-likeness (QED) is 0.704. The molecule has 0 unspecified atom stereocenters. The first-order valence-electron chi connectivity index (χ1n) is 6.44. The van der Waals surface area contributed by atoms with Crippen LogP contribution in [0.2, 0.25) is 0 Å². The van der Waals surface area contributed by atoms with Crippen LogP contribution in [-0.2, 0) is 20.0 Å². The molecule has 0 spiro atoms. The highest BCUT2D eigenvalue weighted by atomic mass is 16.1. The van der Waals surface area contributed by atoms with Gasteiger partial charge in [0, 0.05) is 31.4 Å². The zero-order chi connectivity index (χ0) is 13.2. The van der Waals surface area contributed by atoms with E-state index in [1.54, 1.807) is 4.57 Å². The lowest BCUT2D eigenvalue weighted by atomic mass is 10.1. The fourth-order valence-electron chi connectivity index (χ4n) is 2.40. The number of rotatable bonds is 3. The monoisotopic (exact) mass is 252 g/mol. The average molecular weight is 252 g/mol. The van der Waals surface area contributed by atoms with E-state index in [9.17, 15) is 4.79 Å². The van der Waals surface area contributed by atoms with Crippen LogP contribution in [0.3, 0.4) is 0 Å². The number of nitrogens with zero attached hydrogens (tertiary/aromatic N) is 2. The predicted octanol–water partition coefficient (Wildman–Crippen LogP) is 2.58. The van der Waals surface area contributed by atoms with Crippen molar-refractivity contribution in [2.45, 2.75) is 13.0 Å². The Morgan fingerprint density at radius 2 is 1.74 bits per heavy atom. The maximum Gasteiger partial charge on any atom is 0.275 e. The molecule has 0 amide bonds. The highest BCUT2D eigenvalue weighted by Gasteiger charge is 2.05. The van der Waals surface area contributed by atoms with E-state index >= 15 is 0 Å². The Labute approximate surface area is 111 Å². The highest BCUT2D eigenvalue weighted by Crippen LogP contribution is 2.10. The molecule has 19 heavy (non-hydrogen) atoms. The Balaban J connectivity index is 1.91. The van der Waals surface area contributed by atoms with Gasteiger partial charge in [0.25, 0.3) is 5.56 Å². The maximum absolute atomic E-state index is 12.4. The summed E-state index contributed by atoms with van der Waals surface area (Å²) in [6.07, 6.45) is 4.68. The summed E-state index contributed by atoms with van der Waals surface area (Å²) in [6.45, 7) is 0.712. The summed E-state index contributed by atoms with van der Waals surface area (Å²) < 4.78 is 3.67. The van der Waals surface area contributed by atoms with Crippen molar-refractivity contribution in [2.24, 2.45) is 7.05 Å². The van der Waals surface area contributed by atoms with Gasteiger partial charge in [0.05, 0.1) is 0 Å². The van der Waals surface area contributed by atoms with Gasteiger partial charge in [0.1, 0.15) is 5.52 Å². The minimum Gasteiger partial charge on any atom is -0.346 e. The van der Waals surface area contributed by atoms with Crippen LogP contribution in [0.1, 0.15) is 5.56 Å². The first-order valence-corrected chi connectivity index (χ1v) is 6.44. The van der Waals surface area contributed by atoms with Crippen LogP contribution in [0.4, 0.5) is 0 Å². The van der Waals surface area contributed by atoms with Gasteiger partial charge in [-0.15, -0.1) is 0 Å². The van der Waals surface area contributed by atoms with Crippen LogP contribution in [0.15, 0.2) is 59.7 Å². The molecule has 0 bridgehead atoms. The number of hydrogen-bond donors (Lipinski definition) is 0. The zero-order valence-corrected chi connectivity index (χ0v) is 10.9. The molecule has 0 fully saturated rings. The third-order valence-electron chi connectivity index (χ3n) is 3.49. The number of fused-ring (bicyclic) bond motifs is 1. The van der Waals surface area contributed by atoms with E-state index in [-0.39, 0.29) is 5.56 Å². The van der Waals surface area contributed by atoms with Crippen LogP contribution in [0, 0.1) is 0 Å². The van der Waals surface area contributed by atoms with Crippen LogP contribution in [0.25, 0.3) is 10.9 Å². The summed E-state index contributed by atoms with van der Waals surface area (Å²) in [7, 11) is 1.91. The van der Waals surface area contributed by atoms with Crippen molar-refractivity contribution in [1.29, 1.82) is 0 Å². The largest absolute Gasteiger partial charge is 0.346 e. The first kappa shape index (κ1) is 11.8. The molecule has 0 saturated carbocycles. The van der Waals surface area contributed by atoms with E-state index in [1.165, 1.54) is 5.56 Å². The fraction of sp³-hybridized carbons (Fsp3) is 0.188. The van der Waals surface area contributed by atoms with E-state index < -0.39 is 0 Å². The molecule has 0 aliphatic carbocycles. The molecular weight excluding hydrogens is 236 g/mol. The second-order valence-corrected chi connectivity index (χ2v) is 4.78. The highest BCUT2D eigenvalue weighted by molar-refractivity contribution is 5.78. The van der Waals surface area contributed by atoms with Crippen molar-refractivity contribution in [1.82, 2.24) is 9.13 Å². The molecule has 0 N–H and O–H groups in total. The molecule has 2 aromatic heterocycles. The SMILES string of the molecule is Cn1ccc2ccn(CCc3ccccc3)c(=O)c21. The maximum atomic E-state index is 12.4. The number of aryl methyl sites for hydroxylation is 3. The van der Waals surface area contributed by atoms with Crippen molar-refractivity contribution in [3.05, 3.63) is 70.8 Å². The normalized spacial score (nSPS) is 11.0. The smallest absolute Gasteiger partial charge is 0.275 e. The lowest BCUT2D eigenvalue weighted by molar-refractivity contribution is 0.672. The molecule has 96 valence electrons. The van der Waals surface area contributed by atoms with Crippen molar-refractivity contribution in [3.63, 3.8) is 0 Å². The van der Waals surface area contributed by atoms with Gasteiger partial charge >= 0.3 is 0 Å². The van der Waals surface area contributed by atoms with E-state index in [0.717, 1.165) is 17.3 Å². The number of benzene rings is 1. The molecule has 3 nitrogen and oxygen atoms in total. The fourth-order valence-corrected chi connectivity index (χ4v) is 2.40. The minimum absolute atomic E-state index is 0.0842. The average Bonchev–Trinajstić information content (AvgIpc) is 2.82. The lowest BCUT2D eigenvalue weighted by Gasteiger charge is -2.06. The molecule has 0 saturated heterocycles. The molecule has 1 aromatic carbocycles. The predicted molar refractivity (Wildman–Crippen MR) is 77.3 cm³/mol. The summed E-state index contributed by atoms with van der Waals surface area (Å²) in [5, 5.41) is 1.00.